The van der Waals surface area contributed by atoms with Crippen molar-refractivity contribution in [3.8, 4) is 0 Å². The van der Waals surface area contributed by atoms with Crippen LogP contribution in [0.15, 0.2) is 83.5 Å². The predicted molar refractivity (Wildman–Crippen MR) is 138 cm³/mol. The lowest BCUT2D eigenvalue weighted by Crippen LogP contribution is -2.41. The normalized spacial score (nSPS) is 24.6. The highest BCUT2D eigenvalue weighted by Crippen LogP contribution is 2.37. The smallest absolute Gasteiger partial charge is 0.172 e. The third-order valence-corrected chi connectivity index (χ3v) is 40.4. The Hall–Kier alpha value is -0.759. The van der Waals surface area contributed by atoms with E-state index in [0.717, 1.165) is 24.9 Å². The first-order valence-corrected chi connectivity index (χ1v) is 26.1. The molecule has 0 fully saturated rings. The second-order valence-electron chi connectivity index (χ2n) is 7.72. The van der Waals surface area contributed by atoms with Crippen LogP contribution in [-0.2, 0) is 25.8 Å². The lowest BCUT2D eigenvalue weighted by molar-refractivity contribution is 0.419. The zero-order valence-corrected chi connectivity index (χ0v) is 24.4. The Morgan fingerprint density at radius 3 is 1.50 bits per heavy atom. The summed E-state index contributed by atoms with van der Waals surface area (Å²) in [5.41, 5.74) is 12.0. The molecule has 0 radical (unpaired) electrons. The maximum absolute atomic E-state index is 13.1. The van der Waals surface area contributed by atoms with Gasteiger partial charge in [-0.2, -0.15) is 8.43 Å². The van der Waals surface area contributed by atoms with E-state index in [1.807, 2.05) is 0 Å². The van der Waals surface area contributed by atoms with Crippen molar-refractivity contribution >= 4 is 57.4 Å². The maximum Gasteiger partial charge on any atom is 0.673 e. The van der Waals surface area contributed by atoms with Crippen LogP contribution in [0.2, 0.25) is 12.1 Å². The van der Waals surface area contributed by atoms with E-state index in [1.165, 1.54) is 11.1 Å². The molecule has 2 aliphatic heterocycles. The van der Waals surface area contributed by atoms with Gasteiger partial charge in [-0.15, -0.1) is 0 Å². The van der Waals surface area contributed by atoms with Gasteiger partial charge >= 0.3 is 8.25 Å². The van der Waals surface area contributed by atoms with E-state index in [0.29, 0.717) is 17.2 Å². The molecule has 0 amide bonds. The summed E-state index contributed by atoms with van der Waals surface area (Å²) in [6.07, 6.45) is 2.03. The molecule has 2 heterocycles. The Morgan fingerprint density at radius 2 is 1.13 bits per heavy atom. The quantitative estimate of drug-likeness (QED) is 0.362. The second-order valence-corrected chi connectivity index (χ2v) is 33.5. The van der Waals surface area contributed by atoms with Gasteiger partial charge < -0.3 is 0 Å². The molecular formula is C20H26O3PSi6+. The molecule has 0 spiro atoms. The summed E-state index contributed by atoms with van der Waals surface area (Å²) in [7, 11) is -4.77. The molecule has 2 aromatic rings. The summed E-state index contributed by atoms with van der Waals surface area (Å²) in [6, 6.07) is 23.3. The first-order valence-electron chi connectivity index (χ1n) is 10.3. The molecule has 30 heavy (non-hydrogen) atoms. The minimum absolute atomic E-state index is 0.277. The van der Waals surface area contributed by atoms with Gasteiger partial charge in [0.2, 0.25) is 0 Å². The van der Waals surface area contributed by atoms with Gasteiger partial charge in [-0.25, -0.2) is 0 Å². The summed E-state index contributed by atoms with van der Waals surface area (Å²) in [5, 5.41) is 0. The number of hydrogen-bond acceptors (Lipinski definition) is 3. The minimum Gasteiger partial charge on any atom is -0.172 e. The highest BCUT2D eigenvalue weighted by atomic mass is 31.1. The van der Waals surface area contributed by atoms with Crippen molar-refractivity contribution < 1.29 is 13.0 Å². The van der Waals surface area contributed by atoms with Gasteiger partial charge in [0.15, 0.2) is 0 Å². The van der Waals surface area contributed by atoms with E-state index in [4.69, 9.17) is 8.43 Å². The topological polar surface area (TPSA) is 35.5 Å². The molecule has 2 aromatic carbocycles. The Labute approximate surface area is 189 Å². The van der Waals surface area contributed by atoms with E-state index >= 15 is 0 Å². The molecule has 2 atom stereocenters. The first kappa shape index (κ1) is 22.4. The summed E-state index contributed by atoms with van der Waals surface area (Å²) in [6.45, 7) is 0. The third kappa shape index (κ3) is 6.15. The predicted octanol–water partition coefficient (Wildman–Crippen LogP) is 2.76. The van der Waals surface area contributed by atoms with Crippen LogP contribution in [0.5, 0.6) is 0 Å². The molecule has 3 nitrogen and oxygen atoms in total. The van der Waals surface area contributed by atoms with Crippen LogP contribution in [0.4, 0.5) is 0 Å². The molecule has 152 valence electrons. The molecule has 0 N–H and O–H groups in total. The largest absolute Gasteiger partial charge is 0.673 e. The van der Waals surface area contributed by atoms with Crippen LogP contribution in [0.25, 0.3) is 0 Å². The highest BCUT2D eigenvalue weighted by Gasteiger charge is 2.47. The van der Waals surface area contributed by atoms with E-state index < -0.39 is 23.9 Å². The fourth-order valence-corrected chi connectivity index (χ4v) is 42.8. The van der Waals surface area contributed by atoms with Gasteiger partial charge in [-0.1, -0.05) is 83.5 Å². The standard InChI is InChI=1S/C20H26O3PSi6/c21-24(22-29(17-13-25-27-29)15-11-19-7-3-1-4-8-19)23-30(18-14-26-28-30)16-12-20-9-5-2-6-10-20/h1-10,13-14,17-18,25-28H,11-12,15-16H2/q+1. The molecule has 0 saturated heterocycles. The van der Waals surface area contributed by atoms with Crippen LogP contribution in [0, 0.1) is 0 Å². The Balaban J connectivity index is 1.39. The summed E-state index contributed by atoms with van der Waals surface area (Å²) in [5.74, 6) is 0. The molecule has 0 bridgehead atoms. The molecule has 0 aromatic heterocycles. The van der Waals surface area contributed by atoms with Crippen LogP contribution in [0.1, 0.15) is 11.1 Å². The summed E-state index contributed by atoms with van der Waals surface area (Å²) >= 11 is 0. The fraction of sp³-hybridized carbons (Fsp3) is 0.200. The molecule has 10 heteroatoms. The lowest BCUT2D eigenvalue weighted by atomic mass is 10.2. The second kappa shape index (κ2) is 10.7. The van der Waals surface area contributed by atoms with Gasteiger partial charge in [0.05, 0.1) is 0 Å². The van der Waals surface area contributed by atoms with Gasteiger partial charge in [-0.05, 0) is 53.3 Å². The number of rotatable bonds is 10. The van der Waals surface area contributed by atoms with Gasteiger partial charge in [0.25, 0.3) is 15.7 Å². The average molecular weight is 514 g/mol. The van der Waals surface area contributed by atoms with Crippen molar-refractivity contribution in [2.75, 3.05) is 0 Å². The molecular weight excluding hydrogens is 488 g/mol. The zero-order chi connectivity index (χ0) is 20.7. The van der Waals surface area contributed by atoms with Crippen molar-refractivity contribution in [2.24, 2.45) is 0 Å². The minimum atomic E-state index is -2.02. The Bertz CT molecular complexity index is 891. The van der Waals surface area contributed by atoms with E-state index in [1.54, 1.807) is 0 Å². The Kier molecular flexibility index (Phi) is 8.01. The molecule has 2 aliphatic rings. The van der Waals surface area contributed by atoms with Gasteiger partial charge in [-0.3, -0.25) is 0 Å². The zero-order valence-electron chi connectivity index (χ0n) is 16.9. The Morgan fingerprint density at radius 1 is 0.700 bits per heavy atom. The molecule has 4 rings (SSSR count). The highest BCUT2D eigenvalue weighted by molar-refractivity contribution is 7.47. The SMILES string of the molecule is O=[P+](O[Si]1(CCc2ccccc2)C=C[SiH]=[SiH]1)O[Si]1(CCc2ccccc2)C=C[SiH]=[SiH]1. The van der Waals surface area contributed by atoms with Crippen LogP contribution in [-0.4, -0.2) is 49.2 Å². The summed E-state index contributed by atoms with van der Waals surface area (Å²) < 4.78 is 25.9. The first-order chi connectivity index (χ1) is 14.7. The van der Waals surface area contributed by atoms with Crippen molar-refractivity contribution in [2.45, 2.75) is 24.9 Å². The van der Waals surface area contributed by atoms with Crippen LogP contribution >= 0.6 is 8.25 Å². The molecule has 0 aliphatic carbocycles. The molecule has 0 saturated carbocycles. The van der Waals surface area contributed by atoms with E-state index in [2.05, 4.69) is 83.5 Å². The lowest BCUT2D eigenvalue weighted by Gasteiger charge is -2.19. The number of hydrogen-bond donors (Lipinski definition) is 0. The van der Waals surface area contributed by atoms with Gasteiger partial charge in [0, 0.05) is 20.8 Å². The number of benzene rings is 2. The molecule has 2 unspecified atom stereocenters. The fourth-order valence-electron chi connectivity index (χ4n) is 3.80. The monoisotopic (exact) mass is 513 g/mol. The van der Waals surface area contributed by atoms with Crippen molar-refractivity contribution in [1.29, 1.82) is 0 Å². The van der Waals surface area contributed by atoms with E-state index in [-0.39, 0.29) is 16.3 Å². The third-order valence-electron chi connectivity index (χ3n) is 5.52. The van der Waals surface area contributed by atoms with E-state index in [9.17, 15) is 4.57 Å². The maximum atomic E-state index is 13.1. The van der Waals surface area contributed by atoms with Crippen molar-refractivity contribution in [3.05, 3.63) is 94.6 Å². The van der Waals surface area contributed by atoms with Gasteiger partial charge in [0.1, 0.15) is 0 Å². The van der Waals surface area contributed by atoms with Crippen molar-refractivity contribution in [3.63, 3.8) is 0 Å². The average Bonchev–Trinajstić information content (AvgIpc) is 3.43. The number of aryl methyl sites for hydroxylation is 2. The summed E-state index contributed by atoms with van der Waals surface area (Å²) in [4.78, 5) is 0. The van der Waals surface area contributed by atoms with Crippen LogP contribution < -0.4 is 0 Å². The van der Waals surface area contributed by atoms with Crippen LogP contribution in [0.3, 0.4) is 0 Å². The van der Waals surface area contributed by atoms with Crippen molar-refractivity contribution in [1.82, 2.24) is 0 Å².